The minimum atomic E-state index is -3.90. The van der Waals surface area contributed by atoms with Gasteiger partial charge in [-0.2, -0.15) is 0 Å². The number of nitrogens with two attached hydrogens (primary N) is 1. The number of hydrogen-bond acceptors (Lipinski definition) is 5. The van der Waals surface area contributed by atoms with Gasteiger partial charge in [0, 0.05) is 18.3 Å². The van der Waals surface area contributed by atoms with Gasteiger partial charge in [0.1, 0.15) is 0 Å². The van der Waals surface area contributed by atoms with E-state index in [1.165, 1.54) is 6.07 Å². The van der Waals surface area contributed by atoms with Crippen molar-refractivity contribution in [1.29, 1.82) is 0 Å². The number of anilines is 1. The van der Waals surface area contributed by atoms with Crippen LogP contribution in [0.4, 0.5) is 11.4 Å². The van der Waals surface area contributed by atoms with Crippen LogP contribution >= 0.6 is 0 Å². The third-order valence-electron chi connectivity index (χ3n) is 3.26. The van der Waals surface area contributed by atoms with Crippen molar-refractivity contribution in [1.82, 2.24) is 4.72 Å². The summed E-state index contributed by atoms with van der Waals surface area (Å²) in [6.45, 7) is 0.314. The van der Waals surface area contributed by atoms with Crippen LogP contribution in [0.1, 0.15) is 19.3 Å². The Balaban J connectivity index is 2.27. The van der Waals surface area contributed by atoms with Crippen molar-refractivity contribution in [2.45, 2.75) is 24.2 Å². The monoisotopic (exact) mass is 285 g/mol. The van der Waals surface area contributed by atoms with Crippen LogP contribution in [0.2, 0.25) is 0 Å². The van der Waals surface area contributed by atoms with Gasteiger partial charge in [-0.25, -0.2) is 13.1 Å². The minimum Gasteiger partial charge on any atom is -0.399 e. The molecule has 7 nitrogen and oxygen atoms in total. The SMILES string of the molecule is Nc1ccc([N+](=O)[O-])c(S(=O)(=O)NCC2CCC2)c1. The molecule has 0 heterocycles. The fourth-order valence-electron chi connectivity index (χ4n) is 1.90. The van der Waals surface area contributed by atoms with Crippen LogP contribution in [-0.4, -0.2) is 19.9 Å². The van der Waals surface area contributed by atoms with Gasteiger partial charge >= 0.3 is 0 Å². The Hall–Kier alpha value is -1.67. The standard InChI is InChI=1S/C11H15N3O4S/c12-9-4-5-10(14(15)16)11(6-9)19(17,18)13-7-8-2-1-3-8/h4-6,8,13H,1-3,7,12H2. The van der Waals surface area contributed by atoms with E-state index in [0.29, 0.717) is 12.5 Å². The highest BCUT2D eigenvalue weighted by Gasteiger charge is 2.27. The summed E-state index contributed by atoms with van der Waals surface area (Å²) < 4.78 is 26.6. The zero-order chi connectivity index (χ0) is 14.0. The molecule has 1 fully saturated rings. The number of nitro benzene ring substituents is 1. The maximum absolute atomic E-state index is 12.1. The van der Waals surface area contributed by atoms with E-state index in [0.717, 1.165) is 31.4 Å². The molecule has 0 aliphatic heterocycles. The maximum atomic E-state index is 12.1. The number of nitrogen functional groups attached to an aromatic ring is 1. The van der Waals surface area contributed by atoms with E-state index < -0.39 is 20.6 Å². The Morgan fingerprint density at radius 1 is 1.42 bits per heavy atom. The van der Waals surface area contributed by atoms with Crippen molar-refractivity contribution >= 4 is 21.4 Å². The van der Waals surface area contributed by atoms with Gasteiger partial charge in [-0.1, -0.05) is 6.42 Å². The van der Waals surface area contributed by atoms with E-state index in [1.807, 2.05) is 0 Å². The molecule has 0 aromatic heterocycles. The lowest BCUT2D eigenvalue weighted by atomic mass is 9.86. The van der Waals surface area contributed by atoms with Crippen LogP contribution in [0.3, 0.4) is 0 Å². The molecule has 3 N–H and O–H groups in total. The normalized spacial score (nSPS) is 16.0. The molecule has 104 valence electrons. The molecule has 0 unspecified atom stereocenters. The van der Waals surface area contributed by atoms with Gasteiger partial charge in [0.05, 0.1) is 4.92 Å². The van der Waals surface area contributed by atoms with Crippen LogP contribution < -0.4 is 10.5 Å². The highest BCUT2D eigenvalue weighted by atomic mass is 32.2. The minimum absolute atomic E-state index is 0.176. The lowest BCUT2D eigenvalue weighted by Gasteiger charge is -2.25. The van der Waals surface area contributed by atoms with Gasteiger partial charge < -0.3 is 5.73 Å². The predicted octanol–water partition coefficient (Wildman–Crippen LogP) is 1.26. The number of rotatable bonds is 5. The van der Waals surface area contributed by atoms with Crippen molar-refractivity contribution in [3.05, 3.63) is 28.3 Å². The van der Waals surface area contributed by atoms with E-state index in [1.54, 1.807) is 0 Å². The molecule has 1 saturated carbocycles. The molecule has 1 aliphatic carbocycles. The summed E-state index contributed by atoms with van der Waals surface area (Å²) in [5, 5.41) is 10.9. The average molecular weight is 285 g/mol. The van der Waals surface area contributed by atoms with Gasteiger partial charge in [-0.15, -0.1) is 0 Å². The summed E-state index contributed by atoms with van der Waals surface area (Å²) in [6.07, 6.45) is 3.08. The first kappa shape index (κ1) is 13.8. The van der Waals surface area contributed by atoms with Crippen LogP contribution in [0.15, 0.2) is 23.1 Å². The first-order valence-corrected chi connectivity index (χ1v) is 7.42. The van der Waals surface area contributed by atoms with Gasteiger partial charge in [0.15, 0.2) is 4.90 Å². The smallest absolute Gasteiger partial charge is 0.289 e. The summed E-state index contributed by atoms with van der Waals surface area (Å²) >= 11 is 0. The van der Waals surface area contributed by atoms with Crippen molar-refractivity contribution in [2.75, 3.05) is 12.3 Å². The van der Waals surface area contributed by atoms with Crippen LogP contribution in [-0.2, 0) is 10.0 Å². The van der Waals surface area contributed by atoms with E-state index in [2.05, 4.69) is 4.72 Å². The number of nitrogens with zero attached hydrogens (tertiary/aromatic N) is 1. The maximum Gasteiger partial charge on any atom is 0.289 e. The molecule has 8 heteroatoms. The Kier molecular flexibility index (Phi) is 3.72. The number of nitrogens with one attached hydrogen (secondary N) is 1. The molecule has 0 saturated heterocycles. The Labute approximate surface area is 111 Å². The first-order valence-electron chi connectivity index (χ1n) is 5.94. The molecule has 0 bridgehead atoms. The van der Waals surface area contributed by atoms with Crippen molar-refractivity contribution < 1.29 is 13.3 Å². The van der Waals surface area contributed by atoms with E-state index in [9.17, 15) is 18.5 Å². The third kappa shape index (κ3) is 3.02. The Bertz CT molecular complexity index is 596. The Morgan fingerprint density at radius 2 is 2.11 bits per heavy atom. The highest BCUT2D eigenvalue weighted by Crippen LogP contribution is 2.28. The van der Waals surface area contributed by atoms with E-state index in [-0.39, 0.29) is 10.6 Å². The second-order valence-corrected chi connectivity index (χ2v) is 6.37. The lowest BCUT2D eigenvalue weighted by molar-refractivity contribution is -0.387. The molecule has 0 radical (unpaired) electrons. The van der Waals surface area contributed by atoms with Crippen molar-refractivity contribution in [3.8, 4) is 0 Å². The lowest BCUT2D eigenvalue weighted by Crippen LogP contribution is -2.32. The molecule has 0 amide bonds. The molecule has 0 atom stereocenters. The van der Waals surface area contributed by atoms with Gasteiger partial charge in [-0.05, 0) is 30.9 Å². The summed E-state index contributed by atoms with van der Waals surface area (Å²) in [4.78, 5) is 9.75. The molecule has 1 aliphatic rings. The van der Waals surface area contributed by atoms with E-state index >= 15 is 0 Å². The molecule has 2 rings (SSSR count). The van der Waals surface area contributed by atoms with Crippen molar-refractivity contribution in [3.63, 3.8) is 0 Å². The summed E-state index contributed by atoms with van der Waals surface area (Å²) in [7, 11) is -3.90. The second-order valence-electron chi connectivity index (χ2n) is 4.63. The summed E-state index contributed by atoms with van der Waals surface area (Å²) in [5.74, 6) is 0.329. The largest absolute Gasteiger partial charge is 0.399 e. The number of sulfonamides is 1. The predicted molar refractivity (Wildman–Crippen MR) is 70.0 cm³/mol. The highest BCUT2D eigenvalue weighted by molar-refractivity contribution is 7.89. The molecular formula is C11H15N3O4S. The fraction of sp³-hybridized carbons (Fsp3) is 0.455. The number of hydrogen-bond donors (Lipinski definition) is 2. The third-order valence-corrected chi connectivity index (χ3v) is 4.71. The van der Waals surface area contributed by atoms with E-state index in [4.69, 9.17) is 5.73 Å². The van der Waals surface area contributed by atoms with Crippen LogP contribution in [0.25, 0.3) is 0 Å². The van der Waals surface area contributed by atoms with Gasteiger partial charge in [-0.3, -0.25) is 10.1 Å². The average Bonchev–Trinajstić information content (AvgIpc) is 2.26. The molecule has 1 aromatic rings. The zero-order valence-electron chi connectivity index (χ0n) is 10.2. The topological polar surface area (TPSA) is 115 Å². The zero-order valence-corrected chi connectivity index (χ0v) is 11.0. The fourth-order valence-corrected chi connectivity index (χ4v) is 3.22. The van der Waals surface area contributed by atoms with Crippen molar-refractivity contribution in [2.24, 2.45) is 5.92 Å². The number of nitro groups is 1. The quantitative estimate of drug-likeness (QED) is 0.480. The summed E-state index contributed by atoms with van der Waals surface area (Å²) in [6, 6.07) is 3.53. The summed E-state index contributed by atoms with van der Waals surface area (Å²) in [5.41, 5.74) is 5.22. The molecule has 1 aromatic carbocycles. The molecule has 19 heavy (non-hydrogen) atoms. The van der Waals surface area contributed by atoms with Crippen LogP contribution in [0.5, 0.6) is 0 Å². The second kappa shape index (κ2) is 5.14. The van der Waals surface area contributed by atoms with Crippen LogP contribution in [0, 0.1) is 16.0 Å². The molecular weight excluding hydrogens is 270 g/mol. The molecule has 0 spiro atoms. The first-order chi connectivity index (χ1) is 8.90. The number of benzene rings is 1. The Morgan fingerprint density at radius 3 is 2.63 bits per heavy atom. The van der Waals surface area contributed by atoms with Gasteiger partial charge in [0.25, 0.3) is 5.69 Å². The van der Waals surface area contributed by atoms with Gasteiger partial charge in [0.2, 0.25) is 10.0 Å².